The maximum atomic E-state index is 11.8. The molecule has 104 valence electrons. The second kappa shape index (κ2) is 6.45. The molecule has 1 fully saturated rings. The SMILES string of the molecule is CC1CCCCC1OC(=O)COc1ccccc1N. The number of nitrogens with two attached hydrogens (primary N) is 1. The molecular weight excluding hydrogens is 242 g/mol. The van der Waals surface area contributed by atoms with Crippen LogP contribution in [0.3, 0.4) is 0 Å². The fraction of sp³-hybridized carbons (Fsp3) is 0.533. The molecule has 1 aromatic carbocycles. The van der Waals surface area contributed by atoms with E-state index in [-0.39, 0.29) is 18.7 Å². The van der Waals surface area contributed by atoms with E-state index >= 15 is 0 Å². The van der Waals surface area contributed by atoms with E-state index in [1.165, 1.54) is 6.42 Å². The first-order valence-electron chi connectivity index (χ1n) is 6.83. The lowest BCUT2D eigenvalue weighted by Crippen LogP contribution is -2.30. The van der Waals surface area contributed by atoms with Crippen molar-refractivity contribution in [2.45, 2.75) is 38.7 Å². The van der Waals surface area contributed by atoms with Gasteiger partial charge in [-0.3, -0.25) is 0 Å². The Morgan fingerprint density at radius 2 is 2.05 bits per heavy atom. The highest BCUT2D eigenvalue weighted by atomic mass is 16.6. The first-order chi connectivity index (χ1) is 9.16. The van der Waals surface area contributed by atoms with Crippen LogP contribution in [0.5, 0.6) is 5.75 Å². The zero-order chi connectivity index (χ0) is 13.7. The molecule has 0 heterocycles. The van der Waals surface area contributed by atoms with Gasteiger partial charge in [0.25, 0.3) is 0 Å². The molecule has 1 saturated carbocycles. The Hall–Kier alpha value is -1.71. The summed E-state index contributed by atoms with van der Waals surface area (Å²) >= 11 is 0. The van der Waals surface area contributed by atoms with Gasteiger partial charge in [0.2, 0.25) is 0 Å². The van der Waals surface area contributed by atoms with Crippen molar-refractivity contribution in [3.05, 3.63) is 24.3 Å². The lowest BCUT2D eigenvalue weighted by atomic mass is 9.88. The molecule has 0 bridgehead atoms. The van der Waals surface area contributed by atoms with Gasteiger partial charge in [-0.05, 0) is 37.3 Å². The van der Waals surface area contributed by atoms with E-state index in [4.69, 9.17) is 15.2 Å². The third-order valence-corrected chi connectivity index (χ3v) is 3.58. The molecule has 1 aliphatic rings. The summed E-state index contributed by atoms with van der Waals surface area (Å²) in [6.07, 6.45) is 4.49. The number of para-hydroxylation sites is 2. The summed E-state index contributed by atoms with van der Waals surface area (Å²) in [5.41, 5.74) is 6.26. The van der Waals surface area contributed by atoms with Crippen molar-refractivity contribution >= 4 is 11.7 Å². The largest absolute Gasteiger partial charge is 0.480 e. The van der Waals surface area contributed by atoms with Gasteiger partial charge < -0.3 is 15.2 Å². The summed E-state index contributed by atoms with van der Waals surface area (Å²) in [6, 6.07) is 7.13. The molecule has 0 radical (unpaired) electrons. The average Bonchev–Trinajstić information content (AvgIpc) is 2.40. The van der Waals surface area contributed by atoms with Gasteiger partial charge in [-0.2, -0.15) is 0 Å². The highest BCUT2D eigenvalue weighted by molar-refractivity contribution is 5.71. The predicted octanol–water partition coefficient (Wildman–Crippen LogP) is 2.77. The Morgan fingerprint density at radius 1 is 1.32 bits per heavy atom. The number of hydrogen-bond donors (Lipinski definition) is 1. The van der Waals surface area contributed by atoms with Crippen LogP contribution >= 0.6 is 0 Å². The van der Waals surface area contributed by atoms with E-state index < -0.39 is 0 Å². The molecule has 2 unspecified atom stereocenters. The Balaban J connectivity index is 1.80. The van der Waals surface area contributed by atoms with Crippen LogP contribution in [0.1, 0.15) is 32.6 Å². The van der Waals surface area contributed by atoms with Crippen molar-refractivity contribution in [2.75, 3.05) is 12.3 Å². The summed E-state index contributed by atoms with van der Waals surface area (Å²) in [6.45, 7) is 2.05. The Morgan fingerprint density at radius 3 is 2.79 bits per heavy atom. The van der Waals surface area contributed by atoms with Gasteiger partial charge in [0.05, 0.1) is 5.69 Å². The van der Waals surface area contributed by atoms with Crippen molar-refractivity contribution in [1.29, 1.82) is 0 Å². The standard InChI is InChI=1S/C15H21NO3/c1-11-6-2-4-8-13(11)19-15(17)10-18-14-9-5-3-7-12(14)16/h3,5,7,9,11,13H,2,4,6,8,10,16H2,1H3. The van der Waals surface area contributed by atoms with Gasteiger partial charge in [0, 0.05) is 0 Å². The first-order valence-corrected chi connectivity index (χ1v) is 6.83. The molecule has 0 aliphatic heterocycles. The van der Waals surface area contributed by atoms with Gasteiger partial charge in [-0.15, -0.1) is 0 Å². The van der Waals surface area contributed by atoms with Gasteiger partial charge in [-0.1, -0.05) is 25.5 Å². The van der Waals surface area contributed by atoms with Crippen LogP contribution in [0.2, 0.25) is 0 Å². The molecule has 0 saturated heterocycles. The number of hydrogen-bond acceptors (Lipinski definition) is 4. The van der Waals surface area contributed by atoms with Gasteiger partial charge in [-0.25, -0.2) is 4.79 Å². The number of benzene rings is 1. The van der Waals surface area contributed by atoms with Crippen LogP contribution in [-0.4, -0.2) is 18.7 Å². The summed E-state index contributed by atoms with van der Waals surface area (Å²) in [5, 5.41) is 0. The van der Waals surface area contributed by atoms with Crippen LogP contribution < -0.4 is 10.5 Å². The van der Waals surface area contributed by atoms with E-state index in [1.54, 1.807) is 12.1 Å². The topological polar surface area (TPSA) is 61.5 Å². The lowest BCUT2D eigenvalue weighted by molar-refractivity contribution is -0.155. The Labute approximate surface area is 113 Å². The number of ether oxygens (including phenoxy) is 2. The minimum Gasteiger partial charge on any atom is -0.480 e. The molecule has 19 heavy (non-hydrogen) atoms. The minimum absolute atomic E-state index is 0.0398. The van der Waals surface area contributed by atoms with Crippen molar-refractivity contribution in [3.8, 4) is 5.75 Å². The normalized spacial score (nSPS) is 22.8. The van der Waals surface area contributed by atoms with E-state index in [0.29, 0.717) is 17.4 Å². The van der Waals surface area contributed by atoms with Crippen LogP contribution in [0, 0.1) is 5.92 Å². The number of nitrogen functional groups attached to an aromatic ring is 1. The summed E-state index contributed by atoms with van der Waals surface area (Å²) < 4.78 is 10.8. The molecular formula is C15H21NO3. The molecule has 0 aromatic heterocycles. The van der Waals surface area contributed by atoms with Crippen LogP contribution in [-0.2, 0) is 9.53 Å². The maximum absolute atomic E-state index is 11.8. The zero-order valence-electron chi connectivity index (χ0n) is 11.3. The summed E-state index contributed by atoms with van der Waals surface area (Å²) in [7, 11) is 0. The van der Waals surface area contributed by atoms with Gasteiger partial charge in [0.15, 0.2) is 6.61 Å². The highest BCUT2D eigenvalue weighted by Crippen LogP contribution is 2.26. The van der Waals surface area contributed by atoms with Crippen LogP contribution in [0.4, 0.5) is 5.69 Å². The van der Waals surface area contributed by atoms with Crippen molar-refractivity contribution in [1.82, 2.24) is 0 Å². The zero-order valence-corrected chi connectivity index (χ0v) is 11.3. The molecule has 2 rings (SSSR count). The monoisotopic (exact) mass is 263 g/mol. The Kier molecular flexibility index (Phi) is 4.66. The summed E-state index contributed by atoms with van der Waals surface area (Å²) in [4.78, 5) is 11.8. The maximum Gasteiger partial charge on any atom is 0.344 e. The average molecular weight is 263 g/mol. The fourth-order valence-corrected chi connectivity index (χ4v) is 2.41. The predicted molar refractivity (Wildman–Crippen MR) is 73.9 cm³/mol. The molecule has 0 amide bonds. The van der Waals surface area contributed by atoms with Gasteiger partial charge in [0.1, 0.15) is 11.9 Å². The van der Waals surface area contributed by atoms with Crippen LogP contribution in [0.25, 0.3) is 0 Å². The van der Waals surface area contributed by atoms with Crippen molar-refractivity contribution in [2.24, 2.45) is 5.92 Å². The second-order valence-corrected chi connectivity index (χ2v) is 5.12. The third kappa shape index (κ3) is 3.88. The van der Waals surface area contributed by atoms with E-state index in [0.717, 1.165) is 19.3 Å². The first kappa shape index (κ1) is 13.7. The fourth-order valence-electron chi connectivity index (χ4n) is 2.41. The van der Waals surface area contributed by atoms with Crippen LogP contribution in [0.15, 0.2) is 24.3 Å². The number of anilines is 1. The molecule has 2 atom stereocenters. The highest BCUT2D eigenvalue weighted by Gasteiger charge is 2.24. The van der Waals surface area contributed by atoms with E-state index in [1.807, 2.05) is 12.1 Å². The Bertz CT molecular complexity index is 433. The third-order valence-electron chi connectivity index (χ3n) is 3.58. The number of rotatable bonds is 4. The summed E-state index contributed by atoms with van der Waals surface area (Å²) in [5.74, 6) is 0.651. The van der Waals surface area contributed by atoms with Crippen molar-refractivity contribution < 1.29 is 14.3 Å². The minimum atomic E-state index is -0.318. The molecule has 2 N–H and O–H groups in total. The van der Waals surface area contributed by atoms with Gasteiger partial charge >= 0.3 is 5.97 Å². The number of carbonyl (C=O) groups excluding carboxylic acids is 1. The number of carbonyl (C=O) groups is 1. The smallest absolute Gasteiger partial charge is 0.344 e. The molecule has 4 nitrogen and oxygen atoms in total. The molecule has 4 heteroatoms. The quantitative estimate of drug-likeness (QED) is 0.670. The molecule has 0 spiro atoms. The van der Waals surface area contributed by atoms with E-state index in [2.05, 4.69) is 6.92 Å². The van der Waals surface area contributed by atoms with Crippen molar-refractivity contribution in [3.63, 3.8) is 0 Å². The molecule has 1 aromatic rings. The number of esters is 1. The van der Waals surface area contributed by atoms with E-state index in [9.17, 15) is 4.79 Å². The lowest BCUT2D eigenvalue weighted by Gasteiger charge is -2.28. The molecule has 1 aliphatic carbocycles. The second-order valence-electron chi connectivity index (χ2n) is 5.12.